The van der Waals surface area contributed by atoms with Crippen molar-refractivity contribution < 1.29 is 0 Å². The van der Waals surface area contributed by atoms with Gasteiger partial charge in [0.1, 0.15) is 0 Å². The molecule has 0 aromatic carbocycles. The fourth-order valence-corrected chi connectivity index (χ4v) is 1.68. The average Bonchev–Trinajstić information content (AvgIpc) is 2.03. The topological polar surface area (TPSA) is 52.0 Å². The van der Waals surface area contributed by atoms with Gasteiger partial charge in [-0.2, -0.15) is 0 Å². The highest BCUT2D eigenvalue weighted by atomic mass is 14.7. The molecule has 2 heteroatoms. The fraction of sp³-hybridized carbons (Fsp3) is 0.778. The van der Waals surface area contributed by atoms with Crippen molar-refractivity contribution >= 4 is 0 Å². The van der Waals surface area contributed by atoms with Gasteiger partial charge in [-0.3, -0.25) is 0 Å². The van der Waals surface area contributed by atoms with E-state index in [2.05, 4.69) is 6.08 Å². The lowest BCUT2D eigenvalue weighted by Gasteiger charge is -2.30. The number of nitrogens with two attached hydrogens (primary N) is 2. The van der Waals surface area contributed by atoms with E-state index in [1.165, 1.54) is 19.3 Å². The summed E-state index contributed by atoms with van der Waals surface area (Å²) in [7, 11) is 0. The maximum atomic E-state index is 6.10. The monoisotopic (exact) mass is 154 g/mol. The van der Waals surface area contributed by atoms with Gasteiger partial charge in [-0.05, 0) is 12.8 Å². The summed E-state index contributed by atoms with van der Waals surface area (Å²) >= 11 is 0. The summed E-state index contributed by atoms with van der Waals surface area (Å²) in [4.78, 5) is 0. The number of rotatable bonds is 2. The van der Waals surface area contributed by atoms with Gasteiger partial charge in [-0.25, -0.2) is 0 Å². The van der Waals surface area contributed by atoms with Crippen LogP contribution in [0.3, 0.4) is 0 Å². The van der Waals surface area contributed by atoms with E-state index in [9.17, 15) is 0 Å². The third kappa shape index (κ3) is 2.64. The Labute approximate surface area is 68.6 Å². The van der Waals surface area contributed by atoms with Gasteiger partial charge >= 0.3 is 0 Å². The minimum atomic E-state index is -0.0301. The van der Waals surface area contributed by atoms with Crippen molar-refractivity contribution in [2.75, 3.05) is 6.54 Å². The van der Waals surface area contributed by atoms with Crippen LogP contribution in [0.1, 0.15) is 32.1 Å². The van der Waals surface area contributed by atoms with E-state index in [0.717, 1.165) is 12.8 Å². The molecule has 11 heavy (non-hydrogen) atoms. The van der Waals surface area contributed by atoms with Crippen molar-refractivity contribution in [1.29, 1.82) is 0 Å². The van der Waals surface area contributed by atoms with Crippen molar-refractivity contribution in [1.82, 2.24) is 0 Å². The molecule has 0 saturated heterocycles. The Morgan fingerprint density at radius 1 is 1.18 bits per heavy atom. The van der Waals surface area contributed by atoms with Gasteiger partial charge in [0.25, 0.3) is 0 Å². The molecule has 64 valence electrons. The smallest absolute Gasteiger partial charge is 0.0339 e. The zero-order valence-electron chi connectivity index (χ0n) is 7.05. The quantitative estimate of drug-likeness (QED) is 0.586. The highest BCUT2D eigenvalue weighted by molar-refractivity contribution is 5.06. The largest absolute Gasteiger partial charge is 0.327 e. The Balaban J connectivity index is 2.43. The standard InChI is InChI=1S/C9H18N2/c10-8-4-7-9(11)5-2-1-3-6-9/h4,7H,1-3,5-6,8,10-11H2. The lowest BCUT2D eigenvalue weighted by Crippen LogP contribution is -2.39. The molecule has 0 unspecified atom stereocenters. The van der Waals surface area contributed by atoms with Crippen LogP contribution in [0, 0.1) is 0 Å². The van der Waals surface area contributed by atoms with Crippen LogP contribution < -0.4 is 11.5 Å². The van der Waals surface area contributed by atoms with Gasteiger partial charge in [-0.15, -0.1) is 0 Å². The van der Waals surface area contributed by atoms with Crippen LogP contribution >= 0.6 is 0 Å². The summed E-state index contributed by atoms with van der Waals surface area (Å²) in [5.74, 6) is 0. The molecule has 1 rings (SSSR count). The minimum Gasteiger partial charge on any atom is -0.327 e. The molecule has 0 radical (unpaired) electrons. The molecule has 0 aromatic heterocycles. The van der Waals surface area contributed by atoms with E-state index in [4.69, 9.17) is 11.5 Å². The van der Waals surface area contributed by atoms with Gasteiger partial charge in [0.2, 0.25) is 0 Å². The van der Waals surface area contributed by atoms with Crippen molar-refractivity contribution in [2.24, 2.45) is 11.5 Å². The summed E-state index contributed by atoms with van der Waals surface area (Å²) < 4.78 is 0. The predicted molar refractivity (Wildman–Crippen MR) is 48.2 cm³/mol. The molecule has 0 aromatic rings. The molecule has 1 aliphatic carbocycles. The molecule has 4 N–H and O–H groups in total. The van der Waals surface area contributed by atoms with E-state index >= 15 is 0 Å². The molecule has 0 heterocycles. The molecule has 0 spiro atoms. The molecule has 0 bridgehead atoms. The first-order chi connectivity index (χ1) is 5.27. The molecule has 1 aliphatic rings. The maximum Gasteiger partial charge on any atom is 0.0339 e. The Kier molecular flexibility index (Phi) is 3.09. The van der Waals surface area contributed by atoms with Crippen LogP contribution in [-0.4, -0.2) is 12.1 Å². The SMILES string of the molecule is NCC=CC1(N)CCCCC1. The van der Waals surface area contributed by atoms with Gasteiger partial charge in [0, 0.05) is 12.1 Å². The van der Waals surface area contributed by atoms with Crippen LogP contribution in [0.25, 0.3) is 0 Å². The van der Waals surface area contributed by atoms with Crippen LogP contribution in [0.2, 0.25) is 0 Å². The van der Waals surface area contributed by atoms with Gasteiger partial charge in [0.15, 0.2) is 0 Å². The number of hydrogen-bond donors (Lipinski definition) is 2. The molecule has 0 atom stereocenters. The Bertz CT molecular complexity index is 134. The third-order valence-electron chi connectivity index (χ3n) is 2.37. The molecule has 1 fully saturated rings. The lowest BCUT2D eigenvalue weighted by molar-refractivity contribution is 0.358. The van der Waals surface area contributed by atoms with E-state index in [-0.39, 0.29) is 5.54 Å². The van der Waals surface area contributed by atoms with E-state index in [1.54, 1.807) is 0 Å². The summed E-state index contributed by atoms with van der Waals surface area (Å²) in [6, 6.07) is 0. The van der Waals surface area contributed by atoms with Crippen molar-refractivity contribution in [2.45, 2.75) is 37.6 Å². The van der Waals surface area contributed by atoms with Crippen molar-refractivity contribution in [3.63, 3.8) is 0 Å². The molecule has 2 nitrogen and oxygen atoms in total. The summed E-state index contributed by atoms with van der Waals surface area (Å²) in [5.41, 5.74) is 11.4. The molecular weight excluding hydrogens is 136 g/mol. The van der Waals surface area contributed by atoms with Crippen LogP contribution in [0.15, 0.2) is 12.2 Å². The average molecular weight is 154 g/mol. The first-order valence-electron chi connectivity index (χ1n) is 4.43. The highest BCUT2D eigenvalue weighted by Gasteiger charge is 2.23. The fourth-order valence-electron chi connectivity index (χ4n) is 1.68. The molecule has 1 saturated carbocycles. The number of hydrogen-bond acceptors (Lipinski definition) is 2. The summed E-state index contributed by atoms with van der Waals surface area (Å²) in [5, 5.41) is 0. The Morgan fingerprint density at radius 2 is 1.82 bits per heavy atom. The van der Waals surface area contributed by atoms with Crippen LogP contribution in [0.5, 0.6) is 0 Å². The maximum absolute atomic E-state index is 6.10. The van der Waals surface area contributed by atoms with Crippen LogP contribution in [0.4, 0.5) is 0 Å². The summed E-state index contributed by atoms with van der Waals surface area (Å²) in [6.45, 7) is 0.610. The second kappa shape index (κ2) is 3.88. The molecule has 0 amide bonds. The van der Waals surface area contributed by atoms with Gasteiger partial charge in [-0.1, -0.05) is 31.4 Å². The first-order valence-corrected chi connectivity index (χ1v) is 4.43. The highest BCUT2D eigenvalue weighted by Crippen LogP contribution is 2.26. The zero-order chi connectivity index (χ0) is 8.16. The first kappa shape index (κ1) is 8.75. The minimum absolute atomic E-state index is 0.0301. The Hall–Kier alpha value is -0.340. The Morgan fingerprint density at radius 3 is 2.36 bits per heavy atom. The zero-order valence-corrected chi connectivity index (χ0v) is 7.05. The van der Waals surface area contributed by atoms with Crippen molar-refractivity contribution in [3.8, 4) is 0 Å². The molecule has 0 aliphatic heterocycles. The van der Waals surface area contributed by atoms with E-state index < -0.39 is 0 Å². The molecular formula is C9H18N2. The third-order valence-corrected chi connectivity index (χ3v) is 2.37. The van der Waals surface area contributed by atoms with E-state index in [0.29, 0.717) is 6.54 Å². The van der Waals surface area contributed by atoms with Gasteiger partial charge in [0.05, 0.1) is 0 Å². The second-order valence-corrected chi connectivity index (χ2v) is 3.43. The normalized spacial score (nSPS) is 24.2. The van der Waals surface area contributed by atoms with Gasteiger partial charge < -0.3 is 11.5 Å². The summed E-state index contributed by atoms with van der Waals surface area (Å²) in [6.07, 6.45) is 10.2. The predicted octanol–water partition coefficient (Wildman–Crippen LogP) is 1.16. The van der Waals surface area contributed by atoms with Crippen molar-refractivity contribution in [3.05, 3.63) is 12.2 Å². The lowest BCUT2D eigenvalue weighted by atomic mass is 9.82. The van der Waals surface area contributed by atoms with E-state index in [1.807, 2.05) is 6.08 Å². The second-order valence-electron chi connectivity index (χ2n) is 3.43. The van der Waals surface area contributed by atoms with Crippen LogP contribution in [-0.2, 0) is 0 Å².